The summed E-state index contributed by atoms with van der Waals surface area (Å²) in [4.78, 5) is 7.90. The maximum absolute atomic E-state index is 2.70. The third kappa shape index (κ3) is 10.6. The molecule has 2 aliphatic rings. The van der Waals surface area contributed by atoms with Crippen LogP contribution in [0.25, 0.3) is 148 Å². The molecule has 1 aromatic heterocycles. The van der Waals surface area contributed by atoms with E-state index >= 15 is 0 Å². The maximum atomic E-state index is 2.70. The maximum Gasteiger partial charge on any atom is 0.252 e. The van der Waals surface area contributed by atoms with Gasteiger partial charge in [-0.2, -0.15) is 0 Å². The summed E-state index contributed by atoms with van der Waals surface area (Å²) in [5.74, 6) is 0. The number of benzene rings is 20. The minimum Gasteiger partial charge on any atom is -0.310 e. The molecule has 0 saturated heterocycles. The molecule has 0 atom stereocenters. The second kappa shape index (κ2) is 26.9. The van der Waals surface area contributed by atoms with Crippen LogP contribution in [0.1, 0.15) is 0 Å². The van der Waals surface area contributed by atoms with E-state index in [1.54, 1.807) is 0 Å². The molecule has 0 radical (unpaired) electrons. The fraction of sp³-hybridized carbons (Fsp3) is 0. The lowest BCUT2D eigenvalue weighted by molar-refractivity contribution is 1.17. The second-order valence-corrected chi connectivity index (χ2v) is 30.5. The number of fused-ring (bicyclic) bond motifs is 9. The molecule has 534 valence electrons. The first kappa shape index (κ1) is 65.8. The molecule has 2 aliphatic heterocycles. The molecular weight excluding hydrogens is 1390 g/mol. The number of rotatable bonds is 13. The van der Waals surface area contributed by atoms with Gasteiger partial charge in [-0.3, -0.25) is 0 Å². The summed E-state index contributed by atoms with van der Waals surface area (Å²) in [6, 6.07) is 161. The summed E-state index contributed by atoms with van der Waals surface area (Å²) in [6.07, 6.45) is 0. The van der Waals surface area contributed by atoms with Gasteiger partial charge in [-0.25, -0.2) is 0 Å². The molecule has 4 nitrogen and oxygen atoms in total. The Balaban J connectivity index is 0.896. The van der Waals surface area contributed by atoms with E-state index in [-0.39, 0.29) is 6.71 Å². The van der Waals surface area contributed by atoms with Gasteiger partial charge >= 0.3 is 0 Å². The standard InChI is InChI=1S/C110H71BN4/c1-7-28-72(29-8-1)74-54-60-83(61-55-74)112(84-62-56-75(57-63-84)73-30-9-2-10-31-73)86-70-103-108-104(71-86)115(110-90(78-36-15-5-16-37-78)47-27-48-91(110)79-38-17-6-18-39-79)102-69-85(113-99-52-21-19-43-92(99)93-44-20-22-53-100(93)113)64-66-97(102)111(108)98-68-82(87-65-58-81-42-24-50-95-94-49-23-40-80-41-25-51-96(105(80)94)107(87)106(81)95)59-67-101(98)114(103)109-88(76-32-11-3-12-33-76)45-26-46-89(109)77-34-13-4-14-35-77/h1-71H. The molecular formula is C110H71BN4. The van der Waals surface area contributed by atoms with Crippen molar-refractivity contribution in [3.8, 4) is 83.6 Å². The van der Waals surface area contributed by atoms with Crippen LogP contribution in [-0.2, 0) is 0 Å². The topological polar surface area (TPSA) is 14.7 Å². The molecule has 0 N–H and O–H groups in total. The molecule has 0 bridgehead atoms. The van der Waals surface area contributed by atoms with Crippen molar-refractivity contribution in [2.24, 2.45) is 0 Å². The Morgan fingerprint density at radius 3 is 1.09 bits per heavy atom. The average Bonchev–Trinajstić information content (AvgIpc) is 1.02. The van der Waals surface area contributed by atoms with Crippen LogP contribution in [0, 0.1) is 0 Å². The van der Waals surface area contributed by atoms with E-state index in [1.165, 1.54) is 75.8 Å². The van der Waals surface area contributed by atoms with E-state index in [9.17, 15) is 0 Å². The summed E-state index contributed by atoms with van der Waals surface area (Å²) >= 11 is 0. The summed E-state index contributed by atoms with van der Waals surface area (Å²) in [5.41, 5.74) is 32.3. The molecule has 0 fully saturated rings. The van der Waals surface area contributed by atoms with Gasteiger partial charge in [0.2, 0.25) is 0 Å². The zero-order chi connectivity index (χ0) is 75.6. The lowest BCUT2D eigenvalue weighted by atomic mass is 9.33. The van der Waals surface area contributed by atoms with Crippen LogP contribution < -0.4 is 31.1 Å². The van der Waals surface area contributed by atoms with Crippen LogP contribution in [-0.4, -0.2) is 11.3 Å². The number of anilines is 9. The normalized spacial score (nSPS) is 12.3. The third-order valence-electron chi connectivity index (χ3n) is 24.3. The first-order valence-electron chi connectivity index (χ1n) is 39.8. The van der Waals surface area contributed by atoms with E-state index < -0.39 is 0 Å². The molecule has 0 aliphatic carbocycles. The van der Waals surface area contributed by atoms with Gasteiger partial charge in [0.25, 0.3) is 6.71 Å². The highest BCUT2D eigenvalue weighted by atomic mass is 15.2. The lowest BCUT2D eigenvalue weighted by Crippen LogP contribution is -2.61. The summed E-state index contributed by atoms with van der Waals surface area (Å²) in [6.45, 7) is -0.350. The number of hydrogen-bond donors (Lipinski definition) is 0. The largest absolute Gasteiger partial charge is 0.310 e. The molecule has 23 rings (SSSR count). The van der Waals surface area contributed by atoms with Gasteiger partial charge in [-0.15, -0.1) is 0 Å². The van der Waals surface area contributed by atoms with Crippen molar-refractivity contribution >= 4 is 139 Å². The average molecular weight is 1460 g/mol. The fourth-order valence-corrected chi connectivity index (χ4v) is 19.3. The molecule has 0 amide bonds. The van der Waals surface area contributed by atoms with Crippen LogP contribution in [0.15, 0.2) is 431 Å². The molecule has 5 heteroatoms. The van der Waals surface area contributed by atoms with Crippen molar-refractivity contribution in [3.05, 3.63) is 431 Å². The fourth-order valence-electron chi connectivity index (χ4n) is 19.3. The van der Waals surface area contributed by atoms with Gasteiger partial charge in [-0.05, 0) is 182 Å². The molecule has 115 heavy (non-hydrogen) atoms. The zero-order valence-corrected chi connectivity index (χ0v) is 62.9. The van der Waals surface area contributed by atoms with Gasteiger partial charge in [0.1, 0.15) is 0 Å². The zero-order valence-electron chi connectivity index (χ0n) is 62.9. The molecule has 0 unspecified atom stereocenters. The van der Waals surface area contributed by atoms with Gasteiger partial charge in [0.05, 0.1) is 28.1 Å². The van der Waals surface area contributed by atoms with E-state index in [0.717, 1.165) is 140 Å². The van der Waals surface area contributed by atoms with Gasteiger partial charge in [0.15, 0.2) is 0 Å². The quantitative estimate of drug-likeness (QED) is 0.0650. The van der Waals surface area contributed by atoms with Crippen molar-refractivity contribution in [1.82, 2.24) is 4.57 Å². The van der Waals surface area contributed by atoms with Gasteiger partial charge in [0, 0.05) is 72.8 Å². The highest BCUT2D eigenvalue weighted by Crippen LogP contribution is 2.56. The molecule has 20 aromatic carbocycles. The summed E-state index contributed by atoms with van der Waals surface area (Å²) in [5, 5.41) is 12.5. The number of hydrogen-bond acceptors (Lipinski definition) is 3. The molecule has 21 aromatic rings. The van der Waals surface area contributed by atoms with Crippen LogP contribution in [0.2, 0.25) is 0 Å². The summed E-state index contributed by atoms with van der Waals surface area (Å²) in [7, 11) is 0. The Morgan fingerprint density at radius 2 is 0.600 bits per heavy atom. The van der Waals surface area contributed by atoms with E-state index in [0.29, 0.717) is 0 Å². The molecule has 0 saturated carbocycles. The highest BCUT2D eigenvalue weighted by Gasteiger charge is 2.46. The van der Waals surface area contributed by atoms with Crippen LogP contribution in [0.4, 0.5) is 51.2 Å². The van der Waals surface area contributed by atoms with E-state index in [2.05, 4.69) is 450 Å². The van der Waals surface area contributed by atoms with Crippen LogP contribution in [0.5, 0.6) is 0 Å². The Hall–Kier alpha value is -15.0. The molecule has 3 heterocycles. The number of para-hydroxylation sites is 4. The predicted octanol–water partition coefficient (Wildman–Crippen LogP) is 28.1. The van der Waals surface area contributed by atoms with Gasteiger partial charge < -0.3 is 19.3 Å². The smallest absolute Gasteiger partial charge is 0.252 e. The van der Waals surface area contributed by atoms with Crippen molar-refractivity contribution in [2.45, 2.75) is 0 Å². The predicted molar refractivity (Wildman–Crippen MR) is 489 cm³/mol. The minimum atomic E-state index is -0.350. The minimum absolute atomic E-state index is 0.350. The Labute approximate surface area is 668 Å². The van der Waals surface area contributed by atoms with Crippen LogP contribution >= 0.6 is 0 Å². The highest BCUT2D eigenvalue weighted by molar-refractivity contribution is 7.00. The van der Waals surface area contributed by atoms with Crippen molar-refractivity contribution in [1.29, 1.82) is 0 Å². The van der Waals surface area contributed by atoms with E-state index in [4.69, 9.17) is 0 Å². The number of nitrogens with zero attached hydrogens (tertiary/aromatic N) is 4. The first-order chi connectivity index (χ1) is 57.1. The SMILES string of the molecule is c1ccc(-c2ccc(N(c3ccc(-c4ccccc4)cc3)c3cc4c5c(c3)N(c3c(-c6ccccc6)cccc3-c3ccccc3)c3cc(-n6c7ccccc7c7ccccc76)ccc3B5c3cc(-c5ccc6cccc7c8cccc9cccc(c5c67)c98)ccc3N4c3c(-c4ccccc4)cccc3-c3ccccc3)cc2)cc1. The Morgan fingerprint density at radius 1 is 0.209 bits per heavy atom. The summed E-state index contributed by atoms with van der Waals surface area (Å²) < 4.78 is 2.50. The Kier molecular flexibility index (Phi) is 15.4. The number of aromatic nitrogens is 1. The van der Waals surface area contributed by atoms with Crippen molar-refractivity contribution < 1.29 is 0 Å². The second-order valence-electron chi connectivity index (χ2n) is 30.5. The molecule has 0 spiro atoms. The van der Waals surface area contributed by atoms with E-state index in [1.807, 2.05) is 0 Å². The van der Waals surface area contributed by atoms with Crippen LogP contribution in [0.3, 0.4) is 0 Å². The lowest BCUT2D eigenvalue weighted by Gasteiger charge is -2.46. The monoisotopic (exact) mass is 1460 g/mol. The third-order valence-corrected chi connectivity index (χ3v) is 24.3. The van der Waals surface area contributed by atoms with Gasteiger partial charge in [-0.1, -0.05) is 364 Å². The Bertz CT molecular complexity index is 7120. The first-order valence-corrected chi connectivity index (χ1v) is 39.8. The van der Waals surface area contributed by atoms with Crippen molar-refractivity contribution in [3.63, 3.8) is 0 Å². The van der Waals surface area contributed by atoms with Crippen molar-refractivity contribution in [2.75, 3.05) is 14.7 Å².